The van der Waals surface area contributed by atoms with Crippen LogP contribution in [0.5, 0.6) is 0 Å². The van der Waals surface area contributed by atoms with Gasteiger partial charge < -0.3 is 14.7 Å². The minimum Gasteiger partial charge on any atom is -0.467 e. The first kappa shape index (κ1) is 19.0. The molecule has 0 aliphatic heterocycles. The molecule has 0 bridgehead atoms. The molecule has 0 atom stereocenters. The van der Waals surface area contributed by atoms with E-state index in [0.717, 1.165) is 28.6 Å². The molecule has 4 aromatic rings. The number of aryl methyl sites for hydroxylation is 1. The highest BCUT2D eigenvalue weighted by Crippen LogP contribution is 2.21. The van der Waals surface area contributed by atoms with Gasteiger partial charge >= 0.3 is 0 Å². The molecule has 3 heterocycles. The van der Waals surface area contributed by atoms with Gasteiger partial charge in [-0.1, -0.05) is 23.9 Å². The first-order valence-electron chi connectivity index (χ1n) is 8.99. The summed E-state index contributed by atoms with van der Waals surface area (Å²) >= 11 is 1.16. The molecule has 8 nitrogen and oxygen atoms in total. The lowest BCUT2D eigenvalue weighted by Crippen LogP contribution is -2.24. The van der Waals surface area contributed by atoms with E-state index >= 15 is 0 Å². The maximum absolute atomic E-state index is 12.4. The summed E-state index contributed by atoms with van der Waals surface area (Å²) < 4.78 is 6.84. The minimum atomic E-state index is -0.287. The van der Waals surface area contributed by atoms with Crippen LogP contribution in [0.25, 0.3) is 16.7 Å². The Morgan fingerprint density at radius 1 is 1.28 bits per heavy atom. The normalized spacial score (nSPS) is 11.1. The Hall–Kier alpha value is -3.33. The number of carbonyl (C=O) groups is 1. The van der Waals surface area contributed by atoms with Crippen LogP contribution in [0, 0.1) is 13.8 Å². The molecule has 0 unspecified atom stereocenters. The van der Waals surface area contributed by atoms with Gasteiger partial charge in [-0.2, -0.15) is 5.10 Å². The lowest BCUT2D eigenvalue weighted by atomic mass is 10.1. The third kappa shape index (κ3) is 3.95. The zero-order valence-electron chi connectivity index (χ0n) is 15.9. The molecule has 29 heavy (non-hydrogen) atoms. The van der Waals surface area contributed by atoms with Crippen LogP contribution in [0.1, 0.15) is 16.9 Å². The maximum atomic E-state index is 12.4. The number of nitrogens with one attached hydrogen (secondary N) is 2. The second kappa shape index (κ2) is 7.96. The second-order valence-corrected chi connectivity index (χ2v) is 7.49. The predicted molar refractivity (Wildman–Crippen MR) is 110 cm³/mol. The number of rotatable bonds is 6. The molecule has 0 radical (unpaired) electrons. The van der Waals surface area contributed by atoms with Crippen molar-refractivity contribution in [1.82, 2.24) is 25.1 Å². The summed E-state index contributed by atoms with van der Waals surface area (Å²) in [5, 5.41) is 7.88. The third-order valence-corrected chi connectivity index (χ3v) is 5.47. The van der Waals surface area contributed by atoms with Crippen LogP contribution >= 0.6 is 11.8 Å². The van der Waals surface area contributed by atoms with Crippen LogP contribution in [-0.2, 0) is 11.3 Å². The highest BCUT2D eigenvalue weighted by molar-refractivity contribution is 7.99. The van der Waals surface area contributed by atoms with E-state index in [0.29, 0.717) is 28.5 Å². The monoisotopic (exact) mass is 409 g/mol. The molecule has 0 aliphatic rings. The van der Waals surface area contributed by atoms with E-state index in [-0.39, 0.29) is 17.2 Å². The highest BCUT2D eigenvalue weighted by atomic mass is 32.2. The number of carbonyl (C=O) groups excluding carboxylic acids is 1. The number of thioether (sulfide) groups is 1. The molecule has 0 spiro atoms. The molecule has 9 heteroatoms. The standard InChI is InChI=1S/C20H19N5O3S/c1-12-5-3-7-16(13(12)2)25-18-15(10-22-25)19(27)24-20(23-18)29-11-17(26)21-9-14-6-4-8-28-14/h3-8,10H,9,11H2,1-2H3,(H,21,26)(H,23,24,27). The summed E-state index contributed by atoms with van der Waals surface area (Å²) in [4.78, 5) is 31.8. The van der Waals surface area contributed by atoms with Gasteiger partial charge in [0.15, 0.2) is 10.8 Å². The van der Waals surface area contributed by atoms with Gasteiger partial charge in [-0.05, 0) is 43.2 Å². The Morgan fingerprint density at radius 2 is 2.14 bits per heavy atom. The smallest absolute Gasteiger partial charge is 0.262 e. The Balaban J connectivity index is 1.55. The van der Waals surface area contributed by atoms with Gasteiger partial charge in [0.2, 0.25) is 5.91 Å². The zero-order chi connectivity index (χ0) is 20.4. The van der Waals surface area contributed by atoms with Gasteiger partial charge in [-0.3, -0.25) is 9.59 Å². The molecule has 4 rings (SSSR count). The van der Waals surface area contributed by atoms with E-state index in [2.05, 4.69) is 20.4 Å². The average Bonchev–Trinajstić information content (AvgIpc) is 3.37. The Morgan fingerprint density at radius 3 is 2.93 bits per heavy atom. The van der Waals surface area contributed by atoms with Gasteiger partial charge in [0, 0.05) is 0 Å². The number of H-pyrrole nitrogens is 1. The van der Waals surface area contributed by atoms with E-state index in [1.54, 1.807) is 23.1 Å². The maximum Gasteiger partial charge on any atom is 0.262 e. The first-order chi connectivity index (χ1) is 14.0. The van der Waals surface area contributed by atoms with Crippen LogP contribution < -0.4 is 10.9 Å². The van der Waals surface area contributed by atoms with Crippen molar-refractivity contribution in [3.8, 4) is 5.69 Å². The molecule has 0 saturated heterocycles. The highest BCUT2D eigenvalue weighted by Gasteiger charge is 2.14. The summed E-state index contributed by atoms with van der Waals surface area (Å²) in [6, 6.07) is 9.45. The van der Waals surface area contributed by atoms with Crippen LogP contribution in [0.15, 0.2) is 57.2 Å². The summed E-state index contributed by atoms with van der Waals surface area (Å²) in [6.45, 7) is 4.34. The van der Waals surface area contributed by atoms with E-state index in [1.165, 1.54) is 6.20 Å². The minimum absolute atomic E-state index is 0.118. The number of fused-ring (bicyclic) bond motifs is 1. The molecule has 3 aromatic heterocycles. The van der Waals surface area contributed by atoms with Crippen molar-refractivity contribution in [3.63, 3.8) is 0 Å². The Labute approximate surface area is 170 Å². The van der Waals surface area contributed by atoms with Gasteiger partial charge in [-0.25, -0.2) is 9.67 Å². The Kier molecular flexibility index (Phi) is 5.22. The number of nitrogens with zero attached hydrogens (tertiary/aromatic N) is 3. The molecule has 1 amide bonds. The fourth-order valence-electron chi connectivity index (χ4n) is 2.89. The van der Waals surface area contributed by atoms with Crippen LogP contribution in [0.4, 0.5) is 0 Å². The number of hydrogen-bond acceptors (Lipinski definition) is 6. The van der Waals surface area contributed by atoms with E-state index in [1.807, 2.05) is 32.0 Å². The van der Waals surface area contributed by atoms with Gasteiger partial charge in [0.1, 0.15) is 11.1 Å². The molecular formula is C20H19N5O3S. The average molecular weight is 409 g/mol. The number of furan rings is 1. The number of aromatic nitrogens is 4. The van der Waals surface area contributed by atoms with Crippen molar-refractivity contribution in [3.05, 3.63) is 70.0 Å². The SMILES string of the molecule is Cc1cccc(-n2ncc3c(=O)[nH]c(SCC(=O)NCc4ccco4)nc32)c1C. The molecular weight excluding hydrogens is 390 g/mol. The number of amides is 1. The summed E-state index contributed by atoms with van der Waals surface area (Å²) in [5.74, 6) is 0.609. The number of hydrogen-bond donors (Lipinski definition) is 2. The summed E-state index contributed by atoms with van der Waals surface area (Å²) in [7, 11) is 0. The molecule has 0 aliphatic carbocycles. The van der Waals surface area contributed by atoms with E-state index in [4.69, 9.17) is 4.42 Å². The Bertz CT molecular complexity index is 1230. The van der Waals surface area contributed by atoms with Gasteiger partial charge in [-0.15, -0.1) is 0 Å². The van der Waals surface area contributed by atoms with Crippen LogP contribution in [0.2, 0.25) is 0 Å². The molecule has 148 valence electrons. The molecule has 2 N–H and O–H groups in total. The zero-order valence-corrected chi connectivity index (χ0v) is 16.7. The lowest BCUT2D eigenvalue weighted by Gasteiger charge is -2.09. The first-order valence-corrected chi connectivity index (χ1v) is 9.98. The quantitative estimate of drug-likeness (QED) is 0.375. The summed E-state index contributed by atoms with van der Waals surface area (Å²) in [6.07, 6.45) is 3.06. The fourth-order valence-corrected chi connectivity index (χ4v) is 3.58. The van der Waals surface area contributed by atoms with Crippen molar-refractivity contribution in [1.29, 1.82) is 0 Å². The van der Waals surface area contributed by atoms with E-state index < -0.39 is 0 Å². The van der Waals surface area contributed by atoms with Gasteiger partial charge in [0.05, 0.1) is 30.4 Å². The molecule has 0 saturated carbocycles. The molecule has 1 aromatic carbocycles. The summed E-state index contributed by atoms with van der Waals surface area (Å²) in [5.41, 5.74) is 3.22. The largest absolute Gasteiger partial charge is 0.467 e. The van der Waals surface area contributed by atoms with Crippen molar-refractivity contribution < 1.29 is 9.21 Å². The van der Waals surface area contributed by atoms with E-state index in [9.17, 15) is 9.59 Å². The number of aromatic amines is 1. The van der Waals surface area contributed by atoms with Gasteiger partial charge in [0.25, 0.3) is 5.56 Å². The third-order valence-electron chi connectivity index (χ3n) is 4.60. The topological polar surface area (TPSA) is 106 Å². The van der Waals surface area contributed by atoms with Crippen molar-refractivity contribution >= 4 is 28.7 Å². The van der Waals surface area contributed by atoms with Crippen LogP contribution in [0.3, 0.4) is 0 Å². The molecule has 0 fully saturated rings. The lowest BCUT2D eigenvalue weighted by molar-refractivity contribution is -0.118. The van der Waals surface area contributed by atoms with Crippen molar-refractivity contribution in [2.24, 2.45) is 0 Å². The second-order valence-electron chi connectivity index (χ2n) is 6.53. The number of benzene rings is 1. The predicted octanol–water partition coefficient (Wildman–Crippen LogP) is 2.73. The van der Waals surface area contributed by atoms with Crippen LogP contribution in [-0.4, -0.2) is 31.4 Å². The van der Waals surface area contributed by atoms with Crippen molar-refractivity contribution in [2.45, 2.75) is 25.5 Å². The van der Waals surface area contributed by atoms with Crippen molar-refractivity contribution in [2.75, 3.05) is 5.75 Å². The fraction of sp³-hybridized carbons (Fsp3) is 0.200.